The summed E-state index contributed by atoms with van der Waals surface area (Å²) in [5.41, 5.74) is 0.535. The van der Waals surface area contributed by atoms with Crippen LogP contribution in [0.4, 0.5) is 21.7 Å². The van der Waals surface area contributed by atoms with Crippen LogP contribution in [0, 0.1) is 22.9 Å². The monoisotopic (exact) mass is 317 g/mol. The molecule has 1 atom stereocenters. The van der Waals surface area contributed by atoms with Gasteiger partial charge in [0.2, 0.25) is 5.82 Å². The lowest BCUT2D eigenvalue weighted by Gasteiger charge is -2.18. The van der Waals surface area contributed by atoms with E-state index in [4.69, 9.17) is 0 Å². The van der Waals surface area contributed by atoms with Gasteiger partial charge in [-0.1, -0.05) is 0 Å². The van der Waals surface area contributed by atoms with Crippen LogP contribution in [0.5, 0.6) is 0 Å². The highest BCUT2D eigenvalue weighted by Gasteiger charge is 2.28. The molecule has 120 valence electrons. The molecule has 0 radical (unpaired) electrons. The van der Waals surface area contributed by atoms with Crippen LogP contribution in [0.25, 0.3) is 0 Å². The van der Waals surface area contributed by atoms with Crippen molar-refractivity contribution in [1.29, 1.82) is 0 Å². The Kier molecular flexibility index (Phi) is 4.05. The van der Waals surface area contributed by atoms with E-state index in [-0.39, 0.29) is 23.4 Å². The molecule has 0 amide bonds. The highest BCUT2D eigenvalue weighted by molar-refractivity contribution is 5.60. The van der Waals surface area contributed by atoms with Gasteiger partial charge in [0.15, 0.2) is 11.6 Å². The second kappa shape index (κ2) is 6.15. The smallest absolute Gasteiger partial charge is 0.314 e. The predicted octanol–water partition coefficient (Wildman–Crippen LogP) is 2.52. The summed E-state index contributed by atoms with van der Waals surface area (Å²) in [4.78, 5) is 20.7. The molecule has 2 aromatic heterocycles. The zero-order chi connectivity index (χ0) is 16.4. The third-order valence-electron chi connectivity index (χ3n) is 3.88. The minimum atomic E-state index is -0.435. The van der Waals surface area contributed by atoms with Crippen LogP contribution in [-0.2, 0) is 0 Å². The maximum atomic E-state index is 13.8. The second-order valence-corrected chi connectivity index (χ2v) is 5.47. The molecule has 1 aliphatic rings. The Labute approximate surface area is 132 Å². The fourth-order valence-electron chi connectivity index (χ4n) is 2.76. The summed E-state index contributed by atoms with van der Waals surface area (Å²) in [6.07, 6.45) is 3.81. The second-order valence-electron chi connectivity index (χ2n) is 5.47. The average molecular weight is 317 g/mol. The van der Waals surface area contributed by atoms with Crippen molar-refractivity contribution in [1.82, 2.24) is 9.97 Å². The Morgan fingerprint density at radius 1 is 1.39 bits per heavy atom. The maximum Gasteiger partial charge on any atom is 0.314 e. The first-order chi connectivity index (χ1) is 11.1. The SMILES string of the molecule is Cc1ccnc(N[C@@H]2CCN(c3ncccc3F)C2)c1[N+](=O)[O-]. The van der Waals surface area contributed by atoms with Gasteiger partial charge in [-0.2, -0.15) is 0 Å². The molecule has 7 nitrogen and oxygen atoms in total. The molecule has 1 fully saturated rings. The highest BCUT2D eigenvalue weighted by Crippen LogP contribution is 2.28. The van der Waals surface area contributed by atoms with Crippen LogP contribution in [-0.4, -0.2) is 34.0 Å². The Hall–Kier alpha value is -2.77. The third kappa shape index (κ3) is 3.05. The van der Waals surface area contributed by atoms with Crippen molar-refractivity contribution >= 4 is 17.3 Å². The van der Waals surface area contributed by atoms with Crippen molar-refractivity contribution in [3.63, 3.8) is 0 Å². The molecule has 0 aromatic carbocycles. The summed E-state index contributed by atoms with van der Waals surface area (Å²) in [5, 5.41) is 14.3. The molecule has 1 aliphatic heterocycles. The first kappa shape index (κ1) is 15.1. The number of nitrogens with zero attached hydrogens (tertiary/aromatic N) is 4. The minimum Gasteiger partial charge on any atom is -0.360 e. The zero-order valence-electron chi connectivity index (χ0n) is 12.6. The molecule has 0 spiro atoms. The summed E-state index contributed by atoms with van der Waals surface area (Å²) in [6, 6.07) is 4.47. The van der Waals surface area contributed by atoms with Crippen molar-refractivity contribution < 1.29 is 9.31 Å². The zero-order valence-corrected chi connectivity index (χ0v) is 12.6. The topological polar surface area (TPSA) is 84.2 Å². The molecule has 0 unspecified atom stereocenters. The molecule has 3 heterocycles. The van der Waals surface area contributed by atoms with Gasteiger partial charge in [-0.3, -0.25) is 10.1 Å². The van der Waals surface area contributed by atoms with Gasteiger partial charge < -0.3 is 10.2 Å². The van der Waals surface area contributed by atoms with E-state index < -0.39 is 4.92 Å². The molecule has 0 aliphatic carbocycles. The Balaban J connectivity index is 1.75. The van der Waals surface area contributed by atoms with E-state index in [2.05, 4.69) is 15.3 Å². The largest absolute Gasteiger partial charge is 0.360 e. The van der Waals surface area contributed by atoms with E-state index in [1.54, 1.807) is 25.3 Å². The van der Waals surface area contributed by atoms with Crippen molar-refractivity contribution in [2.45, 2.75) is 19.4 Å². The van der Waals surface area contributed by atoms with Crippen molar-refractivity contribution in [3.05, 3.63) is 52.1 Å². The van der Waals surface area contributed by atoms with E-state index in [0.29, 0.717) is 24.5 Å². The number of anilines is 2. The minimum absolute atomic E-state index is 0.0185. The number of hydrogen-bond acceptors (Lipinski definition) is 6. The van der Waals surface area contributed by atoms with E-state index in [1.807, 2.05) is 4.90 Å². The molecule has 0 saturated carbocycles. The lowest BCUT2D eigenvalue weighted by Crippen LogP contribution is -2.27. The van der Waals surface area contributed by atoms with Gasteiger partial charge in [0, 0.05) is 37.1 Å². The number of rotatable bonds is 4. The first-order valence-electron chi connectivity index (χ1n) is 7.28. The van der Waals surface area contributed by atoms with Crippen LogP contribution in [0.3, 0.4) is 0 Å². The van der Waals surface area contributed by atoms with Gasteiger partial charge in [0.1, 0.15) is 0 Å². The molecule has 1 saturated heterocycles. The van der Waals surface area contributed by atoms with Gasteiger partial charge in [-0.05, 0) is 31.5 Å². The fourth-order valence-corrected chi connectivity index (χ4v) is 2.76. The molecule has 23 heavy (non-hydrogen) atoms. The van der Waals surface area contributed by atoms with E-state index in [1.165, 1.54) is 12.3 Å². The molecular formula is C15H16FN5O2. The molecule has 8 heteroatoms. The lowest BCUT2D eigenvalue weighted by molar-refractivity contribution is -0.384. The number of nitrogens with one attached hydrogen (secondary N) is 1. The predicted molar refractivity (Wildman–Crippen MR) is 84.1 cm³/mol. The third-order valence-corrected chi connectivity index (χ3v) is 3.88. The van der Waals surface area contributed by atoms with E-state index >= 15 is 0 Å². The number of nitro groups is 1. The number of aryl methyl sites for hydroxylation is 1. The number of aromatic nitrogens is 2. The van der Waals surface area contributed by atoms with E-state index in [9.17, 15) is 14.5 Å². The van der Waals surface area contributed by atoms with Gasteiger partial charge in [-0.25, -0.2) is 14.4 Å². The summed E-state index contributed by atoms with van der Waals surface area (Å²) in [5.74, 6) is 0.194. The Morgan fingerprint density at radius 2 is 2.22 bits per heavy atom. The lowest BCUT2D eigenvalue weighted by atomic mass is 10.2. The molecule has 2 aromatic rings. The highest BCUT2D eigenvalue weighted by atomic mass is 19.1. The summed E-state index contributed by atoms with van der Waals surface area (Å²) in [6.45, 7) is 2.82. The van der Waals surface area contributed by atoms with Crippen molar-refractivity contribution in [2.24, 2.45) is 0 Å². The number of halogens is 1. The Morgan fingerprint density at radius 3 is 2.96 bits per heavy atom. The van der Waals surface area contributed by atoms with Crippen LogP contribution in [0.15, 0.2) is 30.6 Å². The molecular weight excluding hydrogens is 301 g/mol. The first-order valence-corrected chi connectivity index (χ1v) is 7.28. The Bertz CT molecular complexity index is 740. The van der Waals surface area contributed by atoms with Crippen LogP contribution in [0.1, 0.15) is 12.0 Å². The maximum absolute atomic E-state index is 13.8. The normalized spacial score (nSPS) is 17.3. The van der Waals surface area contributed by atoms with Gasteiger partial charge >= 0.3 is 5.69 Å². The van der Waals surface area contributed by atoms with Crippen LogP contribution < -0.4 is 10.2 Å². The standard InChI is InChI=1S/C15H16FN5O2/c1-10-4-7-17-14(13(10)21(22)23)19-11-5-8-20(9-11)15-12(16)3-2-6-18-15/h2-4,6-7,11H,5,8-9H2,1H3,(H,17,19)/t11-/m1/s1. The van der Waals surface area contributed by atoms with Crippen LogP contribution >= 0.6 is 0 Å². The average Bonchev–Trinajstić information content (AvgIpc) is 2.95. The number of pyridine rings is 2. The quantitative estimate of drug-likeness (QED) is 0.689. The molecule has 0 bridgehead atoms. The molecule has 1 N–H and O–H groups in total. The van der Waals surface area contributed by atoms with Crippen LogP contribution in [0.2, 0.25) is 0 Å². The van der Waals surface area contributed by atoms with Crippen molar-refractivity contribution in [2.75, 3.05) is 23.3 Å². The summed E-state index contributed by atoms with van der Waals surface area (Å²) >= 11 is 0. The fraction of sp³-hybridized carbons (Fsp3) is 0.333. The molecule has 3 rings (SSSR count). The van der Waals surface area contributed by atoms with Crippen molar-refractivity contribution in [3.8, 4) is 0 Å². The van der Waals surface area contributed by atoms with Gasteiger partial charge in [0.25, 0.3) is 0 Å². The van der Waals surface area contributed by atoms with Gasteiger partial charge in [-0.15, -0.1) is 0 Å². The number of hydrogen-bond donors (Lipinski definition) is 1. The summed E-state index contributed by atoms with van der Waals surface area (Å²) in [7, 11) is 0. The summed E-state index contributed by atoms with van der Waals surface area (Å²) < 4.78 is 13.8. The van der Waals surface area contributed by atoms with Gasteiger partial charge in [0.05, 0.1) is 4.92 Å². The van der Waals surface area contributed by atoms with E-state index in [0.717, 1.165) is 6.42 Å².